The normalized spacial score (nSPS) is 11.7. The lowest BCUT2D eigenvalue weighted by Crippen LogP contribution is -2.28. The molecular formula is C14H16N4. The summed E-state index contributed by atoms with van der Waals surface area (Å²) in [5.41, 5.74) is 8.86. The van der Waals surface area contributed by atoms with Gasteiger partial charge in [-0.15, -0.1) is 0 Å². The Morgan fingerprint density at radius 1 is 0.611 bits per heavy atom. The van der Waals surface area contributed by atoms with E-state index in [4.69, 9.17) is 11.7 Å². The predicted octanol–water partition coefficient (Wildman–Crippen LogP) is 1.44. The first-order valence-corrected chi connectivity index (χ1v) is 5.65. The summed E-state index contributed by atoms with van der Waals surface area (Å²) in [6, 6.07) is 19.6. The molecule has 0 spiro atoms. The van der Waals surface area contributed by atoms with Gasteiger partial charge in [0.2, 0.25) is 0 Å². The first-order valence-electron chi connectivity index (χ1n) is 5.65. The largest absolute Gasteiger partial charge is 0.322 e. The fourth-order valence-corrected chi connectivity index (χ4v) is 1.81. The van der Waals surface area contributed by atoms with E-state index in [1.54, 1.807) is 0 Å². The average Bonchev–Trinajstić information content (AvgIpc) is 2.46. The first-order chi connectivity index (χ1) is 8.86. The molecule has 0 saturated heterocycles. The molecule has 0 fully saturated rings. The molecule has 18 heavy (non-hydrogen) atoms. The molecule has 4 heteroatoms. The Kier molecular flexibility index (Phi) is 3.96. The van der Waals surface area contributed by atoms with Crippen LogP contribution in [0.2, 0.25) is 0 Å². The summed E-state index contributed by atoms with van der Waals surface area (Å²) in [7, 11) is 0. The van der Waals surface area contributed by atoms with Crippen LogP contribution in [0.15, 0.2) is 60.7 Å². The summed E-state index contributed by atoms with van der Waals surface area (Å²) < 4.78 is 0. The zero-order valence-corrected chi connectivity index (χ0v) is 9.93. The van der Waals surface area contributed by atoms with E-state index in [0.29, 0.717) is 0 Å². The highest BCUT2D eigenvalue weighted by atomic mass is 15.3. The van der Waals surface area contributed by atoms with E-state index in [-0.39, 0.29) is 0 Å². The molecule has 0 aliphatic rings. The highest BCUT2D eigenvalue weighted by molar-refractivity contribution is 5.88. The van der Waals surface area contributed by atoms with Crippen molar-refractivity contribution < 1.29 is 0 Å². The zero-order valence-electron chi connectivity index (χ0n) is 9.93. The second kappa shape index (κ2) is 5.86. The molecule has 0 bridgehead atoms. The van der Waals surface area contributed by atoms with Gasteiger partial charge in [0, 0.05) is 11.1 Å². The van der Waals surface area contributed by atoms with Crippen LogP contribution in [0.25, 0.3) is 11.4 Å². The van der Waals surface area contributed by atoms with Crippen molar-refractivity contribution in [3.63, 3.8) is 0 Å². The molecule has 2 rings (SSSR count). The maximum atomic E-state index is 5.62. The lowest BCUT2D eigenvalue weighted by Gasteiger charge is -2.15. The van der Waals surface area contributed by atoms with Gasteiger partial charge in [0.15, 0.2) is 0 Å². The Bertz CT molecular complexity index is 471. The van der Waals surface area contributed by atoms with Gasteiger partial charge in [-0.1, -0.05) is 60.7 Å². The maximum Gasteiger partial charge on any atom is 0.0811 e. The van der Waals surface area contributed by atoms with Gasteiger partial charge in [-0.3, -0.25) is 11.7 Å². The predicted molar refractivity (Wildman–Crippen MR) is 74.3 cm³/mol. The molecule has 92 valence electrons. The minimum absolute atomic E-state index is 0.754. The summed E-state index contributed by atoms with van der Waals surface area (Å²) in [5.74, 6) is 11.2. The van der Waals surface area contributed by atoms with Crippen molar-refractivity contribution in [1.82, 2.24) is 10.9 Å². The van der Waals surface area contributed by atoms with E-state index in [1.165, 1.54) is 0 Å². The third-order valence-electron chi connectivity index (χ3n) is 2.66. The Labute approximate surface area is 106 Å². The standard InChI is InChI=1S/C14H16N4/c15-17-13(11-7-3-1-4-8-11)14(18-16)12-9-5-2-6-10-12/h1-10,17-18H,15-16H2. The SMILES string of the molecule is NNC(=C(NN)c1ccccc1)c1ccccc1. The van der Waals surface area contributed by atoms with Gasteiger partial charge in [-0.2, -0.15) is 0 Å². The molecule has 2 aromatic rings. The van der Waals surface area contributed by atoms with E-state index in [2.05, 4.69) is 10.9 Å². The van der Waals surface area contributed by atoms with Crippen LogP contribution in [0.1, 0.15) is 11.1 Å². The molecule has 0 aliphatic heterocycles. The van der Waals surface area contributed by atoms with Gasteiger partial charge in [0.1, 0.15) is 0 Å². The van der Waals surface area contributed by atoms with Crippen LogP contribution in [-0.2, 0) is 0 Å². The van der Waals surface area contributed by atoms with Crippen LogP contribution in [0.3, 0.4) is 0 Å². The van der Waals surface area contributed by atoms with Crippen molar-refractivity contribution in [3.05, 3.63) is 71.8 Å². The van der Waals surface area contributed by atoms with Gasteiger partial charge in [-0.05, 0) is 0 Å². The van der Waals surface area contributed by atoms with E-state index in [0.717, 1.165) is 22.5 Å². The fraction of sp³-hybridized carbons (Fsp3) is 0. The zero-order chi connectivity index (χ0) is 12.8. The van der Waals surface area contributed by atoms with Crippen molar-refractivity contribution in [2.75, 3.05) is 0 Å². The summed E-state index contributed by atoms with van der Waals surface area (Å²) in [6.45, 7) is 0. The second-order valence-corrected chi connectivity index (χ2v) is 3.77. The van der Waals surface area contributed by atoms with Gasteiger partial charge < -0.3 is 10.9 Å². The number of benzene rings is 2. The third kappa shape index (κ3) is 2.51. The Hall–Kier alpha value is -2.30. The van der Waals surface area contributed by atoms with Gasteiger partial charge in [-0.25, -0.2) is 0 Å². The van der Waals surface area contributed by atoms with Crippen molar-refractivity contribution in [2.45, 2.75) is 0 Å². The number of hydrazine groups is 2. The Balaban J connectivity index is 2.53. The first kappa shape index (κ1) is 12.2. The summed E-state index contributed by atoms with van der Waals surface area (Å²) in [6.07, 6.45) is 0. The molecule has 0 heterocycles. The molecule has 2 aromatic carbocycles. The number of hydrogen-bond donors (Lipinski definition) is 4. The lowest BCUT2D eigenvalue weighted by molar-refractivity contribution is 0.945. The minimum atomic E-state index is 0.754. The summed E-state index contributed by atoms with van der Waals surface area (Å²) >= 11 is 0. The van der Waals surface area contributed by atoms with Gasteiger partial charge >= 0.3 is 0 Å². The molecule has 0 aromatic heterocycles. The Morgan fingerprint density at radius 2 is 0.944 bits per heavy atom. The number of hydrogen-bond acceptors (Lipinski definition) is 4. The monoisotopic (exact) mass is 240 g/mol. The van der Waals surface area contributed by atoms with E-state index < -0.39 is 0 Å². The Morgan fingerprint density at radius 3 is 1.22 bits per heavy atom. The van der Waals surface area contributed by atoms with Crippen molar-refractivity contribution in [1.29, 1.82) is 0 Å². The summed E-state index contributed by atoms with van der Waals surface area (Å²) in [4.78, 5) is 0. The average molecular weight is 240 g/mol. The topological polar surface area (TPSA) is 76.1 Å². The minimum Gasteiger partial charge on any atom is -0.322 e. The van der Waals surface area contributed by atoms with Gasteiger partial charge in [0.25, 0.3) is 0 Å². The van der Waals surface area contributed by atoms with E-state index >= 15 is 0 Å². The van der Waals surface area contributed by atoms with Crippen LogP contribution in [0.4, 0.5) is 0 Å². The van der Waals surface area contributed by atoms with Crippen LogP contribution >= 0.6 is 0 Å². The molecule has 0 aliphatic carbocycles. The number of rotatable bonds is 4. The number of nitrogens with two attached hydrogens (primary N) is 2. The molecule has 0 saturated carbocycles. The second-order valence-electron chi connectivity index (χ2n) is 3.77. The maximum absolute atomic E-state index is 5.62. The van der Waals surface area contributed by atoms with Crippen molar-refractivity contribution in [2.24, 2.45) is 11.7 Å². The molecule has 0 unspecified atom stereocenters. The smallest absolute Gasteiger partial charge is 0.0811 e. The highest BCUT2D eigenvalue weighted by Gasteiger charge is 2.08. The van der Waals surface area contributed by atoms with Crippen molar-refractivity contribution in [3.8, 4) is 0 Å². The third-order valence-corrected chi connectivity index (χ3v) is 2.66. The van der Waals surface area contributed by atoms with Crippen LogP contribution in [0.5, 0.6) is 0 Å². The van der Waals surface area contributed by atoms with Gasteiger partial charge in [0.05, 0.1) is 11.4 Å². The van der Waals surface area contributed by atoms with E-state index in [9.17, 15) is 0 Å². The molecule has 0 radical (unpaired) electrons. The highest BCUT2D eigenvalue weighted by Crippen LogP contribution is 2.20. The lowest BCUT2D eigenvalue weighted by atomic mass is 10.1. The molecule has 0 amide bonds. The molecule has 6 N–H and O–H groups in total. The van der Waals surface area contributed by atoms with Crippen molar-refractivity contribution >= 4 is 11.4 Å². The molecule has 0 atom stereocenters. The molecular weight excluding hydrogens is 224 g/mol. The summed E-state index contributed by atoms with van der Waals surface area (Å²) in [5, 5.41) is 0. The molecule has 4 nitrogen and oxygen atoms in total. The van der Waals surface area contributed by atoms with Crippen LogP contribution in [0, 0.1) is 0 Å². The van der Waals surface area contributed by atoms with E-state index in [1.807, 2.05) is 60.7 Å². The fourth-order valence-electron chi connectivity index (χ4n) is 1.81. The number of nitrogens with one attached hydrogen (secondary N) is 2. The van der Waals surface area contributed by atoms with Crippen LogP contribution < -0.4 is 22.5 Å². The quantitative estimate of drug-likeness (QED) is 0.370. The van der Waals surface area contributed by atoms with Crippen LogP contribution in [-0.4, -0.2) is 0 Å².